The molecule has 0 aliphatic carbocycles. The van der Waals surface area contributed by atoms with Gasteiger partial charge in [0.15, 0.2) is 0 Å². The Balaban J connectivity index is 1.39. The molecule has 3 aromatic carbocycles. The molecule has 268 valence electrons. The number of carbonyl (C=O) groups is 3. The summed E-state index contributed by atoms with van der Waals surface area (Å²) in [5.41, 5.74) is 1.66. The molecule has 0 aliphatic heterocycles. The Labute approximate surface area is 294 Å². The molecule has 0 radical (unpaired) electrons. The monoisotopic (exact) mass is 688 g/mol. The van der Waals surface area contributed by atoms with E-state index in [9.17, 15) is 19.5 Å². The molecule has 0 bridgehead atoms. The zero-order chi connectivity index (χ0) is 36.0. The van der Waals surface area contributed by atoms with Crippen LogP contribution in [0.3, 0.4) is 0 Å². The Morgan fingerprint density at radius 3 is 1.64 bits per heavy atom. The third-order valence-electron chi connectivity index (χ3n) is 7.55. The first-order valence-corrected chi connectivity index (χ1v) is 17.1. The van der Waals surface area contributed by atoms with Crippen LogP contribution in [0.25, 0.3) is 0 Å². The fourth-order valence-corrected chi connectivity index (χ4v) is 4.75. The van der Waals surface area contributed by atoms with E-state index in [0.29, 0.717) is 67.0 Å². The Kier molecular flexibility index (Phi) is 17.7. The molecule has 1 unspecified atom stereocenters. The van der Waals surface area contributed by atoms with Crippen LogP contribution in [0, 0.1) is 0 Å². The number of carbonyl (C=O) groups excluding carboxylic acids is 3. The van der Waals surface area contributed by atoms with E-state index in [-0.39, 0.29) is 0 Å². The Hall–Kier alpha value is -5.09. The number of unbranched alkanes of at least 4 members (excludes halogenated alkanes) is 6. The van der Waals surface area contributed by atoms with Gasteiger partial charge in [-0.15, -0.1) is 0 Å². The van der Waals surface area contributed by atoms with Crippen LogP contribution >= 0.6 is 0 Å². The van der Waals surface area contributed by atoms with Crippen molar-refractivity contribution in [1.29, 1.82) is 0 Å². The van der Waals surface area contributed by atoms with Gasteiger partial charge in [-0.2, -0.15) is 0 Å². The van der Waals surface area contributed by atoms with Gasteiger partial charge in [0.05, 0.1) is 32.0 Å². The zero-order valence-electron chi connectivity index (χ0n) is 28.8. The highest BCUT2D eigenvalue weighted by molar-refractivity contribution is 5.91. The van der Waals surface area contributed by atoms with Gasteiger partial charge >= 0.3 is 17.9 Å². The van der Waals surface area contributed by atoms with E-state index < -0.39 is 24.2 Å². The van der Waals surface area contributed by atoms with Crippen molar-refractivity contribution in [3.63, 3.8) is 0 Å². The van der Waals surface area contributed by atoms with Crippen molar-refractivity contribution in [2.45, 2.75) is 71.0 Å². The fourth-order valence-electron chi connectivity index (χ4n) is 4.75. The van der Waals surface area contributed by atoms with Crippen LogP contribution in [0.5, 0.6) is 23.0 Å². The molecule has 0 spiro atoms. The molecule has 0 amide bonds. The molecule has 3 rings (SSSR count). The lowest BCUT2D eigenvalue weighted by molar-refractivity contribution is -0.138. The highest BCUT2D eigenvalue weighted by Crippen LogP contribution is 2.28. The van der Waals surface area contributed by atoms with Crippen LogP contribution in [-0.4, -0.2) is 49.4 Å². The summed E-state index contributed by atoms with van der Waals surface area (Å²) in [6.45, 7) is 10.6. The second-order valence-corrected chi connectivity index (χ2v) is 11.3. The van der Waals surface area contributed by atoms with E-state index in [4.69, 9.17) is 28.4 Å². The van der Waals surface area contributed by atoms with Crippen molar-refractivity contribution in [2.75, 3.05) is 26.4 Å². The van der Waals surface area contributed by atoms with Gasteiger partial charge in [-0.3, -0.25) is 0 Å². The fraction of sp³-hybridized carbons (Fsp3) is 0.375. The lowest BCUT2D eigenvalue weighted by Gasteiger charge is -2.17. The van der Waals surface area contributed by atoms with E-state index in [1.807, 2.05) is 6.92 Å². The van der Waals surface area contributed by atoms with Gasteiger partial charge in [0.2, 0.25) is 6.29 Å². The normalized spacial score (nSPS) is 11.2. The standard InChI is InChI=1S/C40H48O10/c1-4-30-29-32(40(44)49-35-22-20-34(21-23-35)46-26-12-8-10-14-28-48-38(42)6-3)17-24-36(30)50-39(43)31-15-18-33(19-16-31)45-25-11-7-9-13-27-47-37(41)5-2/h5-6,15-24,29,40,44H,2-4,7-14,25-28H2,1H3. The van der Waals surface area contributed by atoms with E-state index >= 15 is 0 Å². The number of hydrogen-bond donors (Lipinski definition) is 1. The molecule has 1 N–H and O–H groups in total. The number of benzene rings is 3. The third-order valence-corrected chi connectivity index (χ3v) is 7.55. The maximum absolute atomic E-state index is 12.9. The Morgan fingerprint density at radius 1 is 0.660 bits per heavy atom. The number of rotatable bonds is 24. The summed E-state index contributed by atoms with van der Waals surface area (Å²) in [6.07, 6.45) is 8.77. The van der Waals surface area contributed by atoms with Crippen LogP contribution in [0.4, 0.5) is 0 Å². The van der Waals surface area contributed by atoms with E-state index in [0.717, 1.165) is 69.1 Å². The average Bonchev–Trinajstić information content (AvgIpc) is 3.14. The molecule has 0 aliphatic rings. The summed E-state index contributed by atoms with van der Waals surface area (Å²) < 4.78 is 32.9. The van der Waals surface area contributed by atoms with Gasteiger partial charge in [-0.1, -0.05) is 20.1 Å². The van der Waals surface area contributed by atoms with Crippen LogP contribution < -0.4 is 18.9 Å². The molecule has 1 atom stereocenters. The minimum atomic E-state index is -1.22. The van der Waals surface area contributed by atoms with Crippen molar-refractivity contribution in [3.8, 4) is 23.0 Å². The number of aliphatic hydroxyl groups excluding tert-OH is 1. The number of ether oxygens (including phenoxy) is 6. The average molecular weight is 689 g/mol. The topological polar surface area (TPSA) is 127 Å². The summed E-state index contributed by atoms with van der Waals surface area (Å²) in [6, 6.07) is 18.9. The second kappa shape index (κ2) is 22.5. The van der Waals surface area contributed by atoms with Crippen molar-refractivity contribution in [3.05, 3.63) is 109 Å². The molecule has 10 nitrogen and oxygen atoms in total. The van der Waals surface area contributed by atoms with Crippen LogP contribution in [-0.2, 0) is 25.5 Å². The predicted octanol–water partition coefficient (Wildman–Crippen LogP) is 7.87. The summed E-state index contributed by atoms with van der Waals surface area (Å²) in [5, 5.41) is 10.8. The highest BCUT2D eigenvalue weighted by Gasteiger charge is 2.16. The number of hydrogen-bond acceptors (Lipinski definition) is 10. The molecule has 0 aromatic heterocycles. The Morgan fingerprint density at radius 2 is 1.14 bits per heavy atom. The van der Waals surface area contributed by atoms with Gasteiger partial charge in [0, 0.05) is 17.7 Å². The van der Waals surface area contributed by atoms with Gasteiger partial charge in [-0.25, -0.2) is 14.4 Å². The molecule has 0 fully saturated rings. The van der Waals surface area contributed by atoms with E-state index in [2.05, 4.69) is 13.2 Å². The Bertz CT molecular complexity index is 1500. The van der Waals surface area contributed by atoms with Crippen LogP contribution in [0.15, 0.2) is 92.0 Å². The lowest BCUT2D eigenvalue weighted by atomic mass is 10.1. The van der Waals surface area contributed by atoms with Crippen molar-refractivity contribution in [2.24, 2.45) is 0 Å². The van der Waals surface area contributed by atoms with Crippen molar-refractivity contribution >= 4 is 17.9 Å². The smallest absolute Gasteiger partial charge is 0.343 e. The molecule has 50 heavy (non-hydrogen) atoms. The quantitative estimate of drug-likeness (QED) is 0.0327. The zero-order valence-corrected chi connectivity index (χ0v) is 28.8. The molecular formula is C40H48O10. The maximum atomic E-state index is 12.9. The molecule has 0 saturated carbocycles. The summed E-state index contributed by atoms with van der Waals surface area (Å²) in [4.78, 5) is 35.0. The summed E-state index contributed by atoms with van der Waals surface area (Å²) in [7, 11) is 0. The van der Waals surface area contributed by atoms with Crippen LogP contribution in [0.1, 0.15) is 86.1 Å². The summed E-state index contributed by atoms with van der Waals surface area (Å²) >= 11 is 0. The van der Waals surface area contributed by atoms with Gasteiger partial charge < -0.3 is 33.5 Å². The first-order valence-electron chi connectivity index (χ1n) is 17.1. The number of aryl methyl sites for hydroxylation is 1. The van der Waals surface area contributed by atoms with Crippen molar-refractivity contribution in [1.82, 2.24) is 0 Å². The number of esters is 3. The molecular weight excluding hydrogens is 640 g/mol. The molecule has 3 aromatic rings. The molecule has 0 saturated heterocycles. The molecule has 10 heteroatoms. The van der Waals surface area contributed by atoms with Crippen LogP contribution in [0.2, 0.25) is 0 Å². The van der Waals surface area contributed by atoms with E-state index in [1.54, 1.807) is 66.7 Å². The third kappa shape index (κ3) is 14.6. The maximum Gasteiger partial charge on any atom is 0.343 e. The predicted molar refractivity (Wildman–Crippen MR) is 189 cm³/mol. The second-order valence-electron chi connectivity index (χ2n) is 11.3. The minimum absolute atomic E-state index is 0.386. The lowest BCUT2D eigenvalue weighted by Crippen LogP contribution is -2.11. The van der Waals surface area contributed by atoms with Gasteiger partial charge in [-0.05, 0) is 130 Å². The molecule has 0 heterocycles. The SMILES string of the molecule is C=CC(=O)OCCCCCCOc1ccc(OC(O)c2ccc(OC(=O)c3ccc(OCCCCCCOC(=O)C=C)cc3)c(CC)c2)cc1. The summed E-state index contributed by atoms with van der Waals surface area (Å²) in [5.74, 6) is 0.938. The van der Waals surface area contributed by atoms with E-state index in [1.165, 1.54) is 0 Å². The first kappa shape index (κ1) is 39.3. The van der Waals surface area contributed by atoms with Gasteiger partial charge in [0.25, 0.3) is 0 Å². The highest BCUT2D eigenvalue weighted by atomic mass is 16.6. The largest absolute Gasteiger partial charge is 0.494 e. The number of aliphatic hydroxyl groups is 1. The van der Waals surface area contributed by atoms with Gasteiger partial charge in [0.1, 0.15) is 23.0 Å². The minimum Gasteiger partial charge on any atom is -0.494 e. The van der Waals surface area contributed by atoms with Crippen molar-refractivity contribution < 1.29 is 47.9 Å². The first-order chi connectivity index (χ1) is 24.3.